The summed E-state index contributed by atoms with van der Waals surface area (Å²) in [5.41, 5.74) is 5.80. The molecule has 2 aliphatic rings. The summed E-state index contributed by atoms with van der Waals surface area (Å²) in [5, 5.41) is 3.74. The van der Waals surface area contributed by atoms with Crippen molar-refractivity contribution in [1.82, 2.24) is 10.2 Å². The van der Waals surface area contributed by atoms with E-state index >= 15 is 0 Å². The highest BCUT2D eigenvalue weighted by Gasteiger charge is 2.26. The van der Waals surface area contributed by atoms with Gasteiger partial charge in [0.05, 0.1) is 0 Å². The third-order valence-electron chi connectivity index (χ3n) is 4.40. The van der Waals surface area contributed by atoms with Gasteiger partial charge in [-0.1, -0.05) is 6.42 Å². The number of likely N-dealkylation sites (tertiary alicyclic amines) is 1. The Balaban J connectivity index is 1.69. The molecule has 2 rings (SSSR count). The first kappa shape index (κ1) is 12.3. The van der Waals surface area contributed by atoms with Gasteiger partial charge in [-0.3, -0.25) is 4.90 Å². The first-order valence-corrected chi connectivity index (χ1v) is 6.98. The quantitative estimate of drug-likeness (QED) is 0.738. The van der Waals surface area contributed by atoms with Crippen LogP contribution in [0.15, 0.2) is 0 Å². The Morgan fingerprint density at radius 3 is 2.69 bits per heavy atom. The molecule has 1 saturated heterocycles. The number of rotatable bonds is 5. The number of nitrogens with two attached hydrogens (primary N) is 1. The van der Waals surface area contributed by atoms with E-state index in [2.05, 4.69) is 17.1 Å². The molecule has 1 aliphatic carbocycles. The van der Waals surface area contributed by atoms with Gasteiger partial charge in [0.1, 0.15) is 0 Å². The lowest BCUT2D eigenvalue weighted by Crippen LogP contribution is -2.44. The van der Waals surface area contributed by atoms with Crippen LogP contribution in [0.1, 0.15) is 39.0 Å². The van der Waals surface area contributed by atoms with E-state index in [0.717, 1.165) is 19.0 Å². The monoisotopic (exact) mass is 225 g/mol. The number of nitrogens with one attached hydrogen (secondary N) is 1. The van der Waals surface area contributed by atoms with Crippen LogP contribution in [0.5, 0.6) is 0 Å². The molecule has 1 saturated carbocycles. The molecule has 3 atom stereocenters. The first-order valence-electron chi connectivity index (χ1n) is 6.98. The van der Waals surface area contributed by atoms with E-state index < -0.39 is 0 Å². The molecule has 3 N–H and O–H groups in total. The summed E-state index contributed by atoms with van der Waals surface area (Å²) >= 11 is 0. The molecule has 3 heteroatoms. The van der Waals surface area contributed by atoms with Gasteiger partial charge >= 0.3 is 0 Å². The van der Waals surface area contributed by atoms with Gasteiger partial charge < -0.3 is 11.1 Å². The van der Waals surface area contributed by atoms with Gasteiger partial charge in [0.15, 0.2) is 0 Å². The molecule has 0 aromatic carbocycles. The van der Waals surface area contributed by atoms with Gasteiger partial charge in [0.25, 0.3) is 0 Å². The van der Waals surface area contributed by atoms with Gasteiger partial charge in [0, 0.05) is 18.6 Å². The zero-order valence-corrected chi connectivity index (χ0v) is 10.6. The van der Waals surface area contributed by atoms with Crippen molar-refractivity contribution in [2.24, 2.45) is 11.7 Å². The van der Waals surface area contributed by atoms with E-state index in [0.29, 0.717) is 12.1 Å². The van der Waals surface area contributed by atoms with E-state index in [-0.39, 0.29) is 0 Å². The predicted molar refractivity (Wildman–Crippen MR) is 68.5 cm³/mol. The lowest BCUT2D eigenvalue weighted by atomic mass is 10.0. The minimum absolute atomic E-state index is 0.690. The Labute approximate surface area is 99.8 Å². The second-order valence-electron chi connectivity index (χ2n) is 5.53. The lowest BCUT2D eigenvalue weighted by Gasteiger charge is -2.27. The molecule has 1 heterocycles. The first-order chi connectivity index (χ1) is 7.81. The average molecular weight is 225 g/mol. The third kappa shape index (κ3) is 2.96. The maximum atomic E-state index is 5.80. The van der Waals surface area contributed by atoms with Crippen molar-refractivity contribution in [2.75, 3.05) is 26.2 Å². The molecule has 3 unspecified atom stereocenters. The number of hydrogen-bond acceptors (Lipinski definition) is 3. The maximum absolute atomic E-state index is 5.80. The second kappa shape index (κ2) is 5.99. The van der Waals surface area contributed by atoms with Crippen LogP contribution in [0.25, 0.3) is 0 Å². The maximum Gasteiger partial charge on any atom is 0.0192 e. The molecule has 1 aliphatic heterocycles. The van der Waals surface area contributed by atoms with Gasteiger partial charge in [0.2, 0.25) is 0 Å². The van der Waals surface area contributed by atoms with Gasteiger partial charge in [-0.05, 0) is 58.2 Å². The molecule has 3 nitrogen and oxygen atoms in total. The molecular weight excluding hydrogens is 198 g/mol. The topological polar surface area (TPSA) is 41.3 Å². The van der Waals surface area contributed by atoms with E-state index in [4.69, 9.17) is 5.73 Å². The van der Waals surface area contributed by atoms with E-state index in [9.17, 15) is 0 Å². The van der Waals surface area contributed by atoms with Gasteiger partial charge in [-0.25, -0.2) is 0 Å². The molecule has 0 aromatic rings. The zero-order chi connectivity index (χ0) is 11.4. The highest BCUT2D eigenvalue weighted by atomic mass is 15.2. The molecule has 0 bridgehead atoms. The Hall–Kier alpha value is -0.120. The SMILES string of the molecule is CC(CNC1CCCC1CN)N1CCCC1. The molecular formula is C13H27N3. The second-order valence-corrected chi connectivity index (χ2v) is 5.53. The van der Waals surface area contributed by atoms with Gasteiger partial charge in [-0.2, -0.15) is 0 Å². The number of nitrogens with zero attached hydrogens (tertiary/aromatic N) is 1. The molecule has 0 amide bonds. The van der Waals surface area contributed by atoms with Crippen LogP contribution in [0.4, 0.5) is 0 Å². The van der Waals surface area contributed by atoms with Crippen molar-refractivity contribution < 1.29 is 0 Å². The minimum Gasteiger partial charge on any atom is -0.330 e. The van der Waals surface area contributed by atoms with Crippen molar-refractivity contribution in [3.63, 3.8) is 0 Å². The van der Waals surface area contributed by atoms with E-state index in [1.165, 1.54) is 45.2 Å². The summed E-state index contributed by atoms with van der Waals surface area (Å²) in [7, 11) is 0. The van der Waals surface area contributed by atoms with Crippen molar-refractivity contribution in [3.8, 4) is 0 Å². The minimum atomic E-state index is 0.690. The van der Waals surface area contributed by atoms with Crippen LogP contribution in [-0.2, 0) is 0 Å². The summed E-state index contributed by atoms with van der Waals surface area (Å²) in [6.45, 7) is 6.95. The summed E-state index contributed by atoms with van der Waals surface area (Å²) < 4.78 is 0. The summed E-state index contributed by atoms with van der Waals surface area (Å²) in [6.07, 6.45) is 6.79. The Kier molecular flexibility index (Phi) is 4.62. The fourth-order valence-electron chi connectivity index (χ4n) is 3.22. The number of hydrogen-bond donors (Lipinski definition) is 2. The van der Waals surface area contributed by atoms with Crippen LogP contribution >= 0.6 is 0 Å². The zero-order valence-electron chi connectivity index (χ0n) is 10.6. The summed E-state index contributed by atoms with van der Waals surface area (Å²) in [4.78, 5) is 2.61. The Morgan fingerprint density at radius 1 is 1.25 bits per heavy atom. The molecule has 2 fully saturated rings. The van der Waals surface area contributed by atoms with Crippen LogP contribution in [0.3, 0.4) is 0 Å². The molecule has 0 aromatic heterocycles. The molecule has 0 radical (unpaired) electrons. The van der Waals surface area contributed by atoms with Crippen molar-refractivity contribution in [3.05, 3.63) is 0 Å². The Bertz CT molecular complexity index is 201. The van der Waals surface area contributed by atoms with Crippen molar-refractivity contribution in [1.29, 1.82) is 0 Å². The fourth-order valence-corrected chi connectivity index (χ4v) is 3.22. The summed E-state index contributed by atoms with van der Waals surface area (Å²) in [6, 6.07) is 1.39. The average Bonchev–Trinajstić information content (AvgIpc) is 2.96. The smallest absolute Gasteiger partial charge is 0.0192 e. The van der Waals surface area contributed by atoms with E-state index in [1.54, 1.807) is 0 Å². The van der Waals surface area contributed by atoms with Crippen LogP contribution in [0.2, 0.25) is 0 Å². The Morgan fingerprint density at radius 2 is 2.00 bits per heavy atom. The highest BCUT2D eigenvalue weighted by Crippen LogP contribution is 2.24. The van der Waals surface area contributed by atoms with E-state index in [1.807, 2.05) is 0 Å². The van der Waals surface area contributed by atoms with Crippen LogP contribution < -0.4 is 11.1 Å². The highest BCUT2D eigenvalue weighted by molar-refractivity contribution is 4.85. The molecule has 16 heavy (non-hydrogen) atoms. The van der Waals surface area contributed by atoms with Crippen molar-refractivity contribution >= 4 is 0 Å². The summed E-state index contributed by atoms with van der Waals surface area (Å²) in [5.74, 6) is 0.728. The standard InChI is InChI=1S/C13H27N3/c1-11(16-7-2-3-8-16)10-15-13-6-4-5-12(13)9-14/h11-13,15H,2-10,14H2,1H3. The van der Waals surface area contributed by atoms with Gasteiger partial charge in [-0.15, -0.1) is 0 Å². The fraction of sp³-hybridized carbons (Fsp3) is 1.00. The molecule has 0 spiro atoms. The van der Waals surface area contributed by atoms with Crippen LogP contribution in [-0.4, -0.2) is 43.2 Å². The normalized spacial score (nSPS) is 33.4. The molecule has 94 valence electrons. The van der Waals surface area contributed by atoms with Crippen molar-refractivity contribution in [2.45, 2.75) is 51.1 Å². The third-order valence-corrected chi connectivity index (χ3v) is 4.40. The predicted octanol–water partition coefficient (Wildman–Crippen LogP) is 1.19. The largest absolute Gasteiger partial charge is 0.330 e. The lowest BCUT2D eigenvalue weighted by molar-refractivity contribution is 0.239. The van der Waals surface area contributed by atoms with Crippen LogP contribution in [0, 0.1) is 5.92 Å².